The summed E-state index contributed by atoms with van der Waals surface area (Å²) in [6.07, 6.45) is -0.307. The predicted molar refractivity (Wildman–Crippen MR) is 63.0 cm³/mol. The summed E-state index contributed by atoms with van der Waals surface area (Å²) in [7, 11) is 0. The second kappa shape index (κ2) is 5.28. The third kappa shape index (κ3) is 3.32. The topological polar surface area (TPSA) is 52.9 Å². The summed E-state index contributed by atoms with van der Waals surface area (Å²) in [6, 6.07) is 4.20. The van der Waals surface area contributed by atoms with Crippen molar-refractivity contribution in [2.75, 3.05) is 5.32 Å². The second-order valence-corrected chi connectivity index (χ2v) is 4.20. The number of benzene rings is 1. The molecule has 0 aliphatic rings. The fraction of sp³-hybridized carbons (Fsp3) is 0.111. The molecule has 1 rings (SSSR count). The lowest BCUT2D eigenvalue weighted by Gasteiger charge is -2.05. The molecule has 0 aromatic heterocycles. The highest BCUT2D eigenvalue weighted by atomic mass is 127. The van der Waals surface area contributed by atoms with Gasteiger partial charge in [-0.3, -0.25) is 4.79 Å². The first kappa shape index (κ1) is 12.2. The van der Waals surface area contributed by atoms with Gasteiger partial charge in [-0.05, 0) is 34.7 Å². The van der Waals surface area contributed by atoms with Crippen LogP contribution in [0.5, 0.6) is 0 Å². The van der Waals surface area contributed by atoms with Gasteiger partial charge >= 0.3 is 0 Å². The maximum absolute atomic E-state index is 13.2. The smallest absolute Gasteiger partial charge is 0.238 e. The molecule has 0 unspecified atom stereocenters. The van der Waals surface area contributed by atoms with E-state index in [9.17, 15) is 9.18 Å². The summed E-state index contributed by atoms with van der Waals surface area (Å²) in [6.45, 7) is 0. The predicted octanol–water partition coefficient (Wildman–Crippen LogP) is 2.94. The number of halogens is 3. The van der Waals surface area contributed by atoms with Gasteiger partial charge in [0.1, 0.15) is 12.2 Å². The molecular formula is C9H5ClFIN2O. The zero-order chi connectivity index (χ0) is 11.4. The highest BCUT2D eigenvalue weighted by Gasteiger charge is 2.09. The molecule has 6 heteroatoms. The summed E-state index contributed by atoms with van der Waals surface area (Å²) in [5.41, 5.74) is 0.0315. The first-order valence-electron chi connectivity index (χ1n) is 3.86. The van der Waals surface area contributed by atoms with Gasteiger partial charge in [-0.2, -0.15) is 5.26 Å². The van der Waals surface area contributed by atoms with Crippen molar-refractivity contribution in [2.24, 2.45) is 0 Å². The molecule has 1 N–H and O–H groups in total. The van der Waals surface area contributed by atoms with Gasteiger partial charge in [0.2, 0.25) is 5.91 Å². The number of carbonyl (C=O) groups is 1. The van der Waals surface area contributed by atoms with Crippen LogP contribution < -0.4 is 5.32 Å². The largest absolute Gasteiger partial charge is 0.323 e. The van der Waals surface area contributed by atoms with Crippen LogP contribution in [0.25, 0.3) is 0 Å². The van der Waals surface area contributed by atoms with Gasteiger partial charge in [-0.25, -0.2) is 4.39 Å². The number of hydrogen-bond donors (Lipinski definition) is 1. The van der Waals surface area contributed by atoms with E-state index in [0.29, 0.717) is 3.57 Å². The molecule has 0 saturated heterocycles. The molecule has 1 aromatic carbocycles. The van der Waals surface area contributed by atoms with E-state index in [-0.39, 0.29) is 17.1 Å². The average Bonchev–Trinajstić information content (AvgIpc) is 2.14. The minimum Gasteiger partial charge on any atom is -0.323 e. The Hall–Kier alpha value is -0.870. The lowest BCUT2D eigenvalue weighted by atomic mass is 10.3. The van der Waals surface area contributed by atoms with Gasteiger partial charge in [0, 0.05) is 3.57 Å². The van der Waals surface area contributed by atoms with Crippen molar-refractivity contribution >= 4 is 45.8 Å². The molecule has 0 spiro atoms. The van der Waals surface area contributed by atoms with Crippen molar-refractivity contribution in [1.82, 2.24) is 0 Å². The molecule has 0 heterocycles. The summed E-state index contributed by atoms with van der Waals surface area (Å²) >= 11 is 7.59. The zero-order valence-corrected chi connectivity index (χ0v) is 10.3. The quantitative estimate of drug-likeness (QED) is 0.666. The van der Waals surface area contributed by atoms with Crippen LogP contribution in [0.3, 0.4) is 0 Å². The Morgan fingerprint density at radius 3 is 2.93 bits per heavy atom. The van der Waals surface area contributed by atoms with E-state index < -0.39 is 11.7 Å². The van der Waals surface area contributed by atoms with E-state index in [1.165, 1.54) is 6.07 Å². The van der Waals surface area contributed by atoms with Crippen molar-refractivity contribution in [1.29, 1.82) is 5.26 Å². The van der Waals surface area contributed by atoms with E-state index in [2.05, 4.69) is 5.32 Å². The Balaban J connectivity index is 2.92. The van der Waals surface area contributed by atoms with Crippen LogP contribution in [-0.4, -0.2) is 5.91 Å². The maximum Gasteiger partial charge on any atom is 0.238 e. The molecule has 0 bridgehead atoms. The summed E-state index contributed by atoms with van der Waals surface area (Å²) in [5, 5.41) is 10.8. The van der Waals surface area contributed by atoms with Crippen LogP contribution in [0.1, 0.15) is 6.42 Å². The minimum atomic E-state index is -0.619. The van der Waals surface area contributed by atoms with Crippen LogP contribution in [0, 0.1) is 20.7 Å². The first-order valence-corrected chi connectivity index (χ1v) is 5.31. The number of rotatable bonds is 2. The molecule has 3 nitrogen and oxygen atoms in total. The van der Waals surface area contributed by atoms with Crippen LogP contribution >= 0.6 is 34.2 Å². The average molecular weight is 339 g/mol. The molecule has 0 fully saturated rings. The summed E-state index contributed by atoms with van der Waals surface area (Å²) in [5.74, 6) is -1.17. The number of nitrogens with zero attached hydrogens (tertiary/aromatic N) is 1. The van der Waals surface area contributed by atoms with E-state index in [0.717, 1.165) is 6.07 Å². The van der Waals surface area contributed by atoms with Crippen LogP contribution in [0.15, 0.2) is 12.1 Å². The number of amides is 1. The number of hydrogen-bond acceptors (Lipinski definition) is 2. The summed E-state index contributed by atoms with van der Waals surface area (Å²) in [4.78, 5) is 11.0. The SMILES string of the molecule is N#CCC(=O)Nc1cc(I)c(Cl)cc1F. The van der Waals surface area contributed by atoms with Crippen LogP contribution in [-0.2, 0) is 4.79 Å². The van der Waals surface area contributed by atoms with Gasteiger partial charge in [0.15, 0.2) is 0 Å². The zero-order valence-electron chi connectivity index (χ0n) is 7.35. The molecule has 1 aromatic rings. The normalized spacial score (nSPS) is 9.47. The Morgan fingerprint density at radius 2 is 2.33 bits per heavy atom. The molecular weight excluding hydrogens is 333 g/mol. The van der Waals surface area contributed by atoms with Gasteiger partial charge < -0.3 is 5.32 Å². The van der Waals surface area contributed by atoms with E-state index in [1.807, 2.05) is 22.6 Å². The molecule has 1 amide bonds. The Bertz CT molecular complexity index is 444. The Morgan fingerprint density at radius 1 is 1.67 bits per heavy atom. The Kier molecular flexibility index (Phi) is 4.29. The second-order valence-electron chi connectivity index (χ2n) is 2.63. The highest BCUT2D eigenvalue weighted by molar-refractivity contribution is 14.1. The summed E-state index contributed by atoms with van der Waals surface area (Å²) < 4.78 is 13.9. The minimum absolute atomic E-state index is 0.0315. The van der Waals surface area contributed by atoms with Gasteiger partial charge in [0.05, 0.1) is 16.8 Å². The van der Waals surface area contributed by atoms with E-state index in [1.54, 1.807) is 6.07 Å². The monoisotopic (exact) mass is 338 g/mol. The molecule has 15 heavy (non-hydrogen) atoms. The standard InChI is InChI=1S/C9H5ClFIN2O/c10-5-3-6(11)8(4-7(5)12)14-9(15)1-2-13/h3-4H,1H2,(H,14,15). The van der Waals surface area contributed by atoms with Gasteiger partial charge in [-0.15, -0.1) is 0 Å². The highest BCUT2D eigenvalue weighted by Crippen LogP contribution is 2.25. The number of nitrogens with one attached hydrogen (secondary N) is 1. The molecule has 0 saturated carbocycles. The van der Waals surface area contributed by atoms with E-state index >= 15 is 0 Å². The van der Waals surface area contributed by atoms with Crippen molar-refractivity contribution in [3.05, 3.63) is 26.5 Å². The lowest BCUT2D eigenvalue weighted by Crippen LogP contribution is -2.11. The first-order chi connectivity index (χ1) is 7.04. The Labute approximate surface area is 104 Å². The van der Waals surface area contributed by atoms with Crippen molar-refractivity contribution in [3.8, 4) is 6.07 Å². The van der Waals surface area contributed by atoms with Crippen LogP contribution in [0.4, 0.5) is 10.1 Å². The fourth-order valence-corrected chi connectivity index (χ4v) is 1.50. The van der Waals surface area contributed by atoms with E-state index in [4.69, 9.17) is 16.9 Å². The number of nitriles is 1. The van der Waals surface area contributed by atoms with Crippen molar-refractivity contribution in [2.45, 2.75) is 6.42 Å². The molecule has 0 radical (unpaired) electrons. The van der Waals surface area contributed by atoms with Gasteiger partial charge in [0.25, 0.3) is 0 Å². The number of carbonyl (C=O) groups excluding carboxylic acids is 1. The number of anilines is 1. The molecule has 0 aliphatic carbocycles. The third-order valence-corrected chi connectivity index (χ3v) is 3.05. The molecule has 78 valence electrons. The molecule has 0 aliphatic heterocycles. The maximum atomic E-state index is 13.2. The molecule has 0 atom stereocenters. The van der Waals surface area contributed by atoms with Crippen molar-refractivity contribution < 1.29 is 9.18 Å². The van der Waals surface area contributed by atoms with Gasteiger partial charge in [-0.1, -0.05) is 11.6 Å². The lowest BCUT2D eigenvalue weighted by molar-refractivity contribution is -0.115. The van der Waals surface area contributed by atoms with Crippen LogP contribution in [0.2, 0.25) is 5.02 Å². The third-order valence-electron chi connectivity index (χ3n) is 1.52. The van der Waals surface area contributed by atoms with Crippen molar-refractivity contribution in [3.63, 3.8) is 0 Å². The fourth-order valence-electron chi connectivity index (χ4n) is 0.885.